The molecule has 1 amide bonds. The second kappa shape index (κ2) is 8.13. The van der Waals surface area contributed by atoms with E-state index in [1.165, 1.54) is 0 Å². The third-order valence-electron chi connectivity index (χ3n) is 4.38. The van der Waals surface area contributed by atoms with Crippen molar-refractivity contribution in [2.24, 2.45) is 0 Å². The SMILES string of the molecule is C=C(c1ccccc1OCC(=O)Nc1ccccc1C(C)(C)C)n1ccnc1. The van der Waals surface area contributed by atoms with Crippen LogP contribution < -0.4 is 10.1 Å². The Morgan fingerprint density at radius 1 is 1.14 bits per heavy atom. The highest BCUT2D eigenvalue weighted by Gasteiger charge is 2.19. The number of rotatable bonds is 6. The fraction of sp³-hybridized carbons (Fsp3) is 0.217. The van der Waals surface area contributed by atoms with Crippen molar-refractivity contribution in [1.82, 2.24) is 9.55 Å². The van der Waals surface area contributed by atoms with Crippen LogP contribution in [0.15, 0.2) is 73.8 Å². The second-order valence-corrected chi connectivity index (χ2v) is 7.55. The van der Waals surface area contributed by atoms with Crippen LogP contribution in [0.1, 0.15) is 31.9 Å². The lowest BCUT2D eigenvalue weighted by atomic mass is 9.86. The smallest absolute Gasteiger partial charge is 0.262 e. The first-order valence-corrected chi connectivity index (χ1v) is 9.15. The minimum absolute atomic E-state index is 0.0696. The zero-order chi connectivity index (χ0) is 20.1. The molecule has 0 radical (unpaired) electrons. The summed E-state index contributed by atoms with van der Waals surface area (Å²) in [6.07, 6.45) is 5.18. The van der Waals surface area contributed by atoms with Crippen LogP contribution in [-0.2, 0) is 10.2 Å². The summed E-state index contributed by atoms with van der Waals surface area (Å²) in [4.78, 5) is 16.5. The topological polar surface area (TPSA) is 56.1 Å². The van der Waals surface area contributed by atoms with E-state index in [0.29, 0.717) is 5.75 Å². The Morgan fingerprint density at radius 2 is 1.86 bits per heavy atom. The minimum Gasteiger partial charge on any atom is -0.483 e. The molecule has 1 N–H and O–H groups in total. The molecule has 5 heteroatoms. The maximum Gasteiger partial charge on any atom is 0.262 e. The number of carbonyl (C=O) groups excluding carboxylic acids is 1. The number of nitrogens with zero attached hydrogens (tertiary/aromatic N) is 2. The molecule has 0 saturated carbocycles. The van der Waals surface area contributed by atoms with Gasteiger partial charge in [0.25, 0.3) is 5.91 Å². The van der Waals surface area contributed by atoms with E-state index < -0.39 is 0 Å². The Labute approximate surface area is 165 Å². The van der Waals surface area contributed by atoms with Gasteiger partial charge in [-0.2, -0.15) is 0 Å². The highest BCUT2D eigenvalue weighted by molar-refractivity contribution is 5.93. The molecule has 0 aliphatic heterocycles. The fourth-order valence-electron chi connectivity index (χ4n) is 2.96. The molecular formula is C23H25N3O2. The van der Waals surface area contributed by atoms with Gasteiger partial charge in [-0.15, -0.1) is 0 Å². The van der Waals surface area contributed by atoms with Gasteiger partial charge in [-0.1, -0.05) is 57.7 Å². The third kappa shape index (κ3) is 4.49. The molecule has 0 unspecified atom stereocenters. The standard InChI is InChI=1S/C23H25N3O2/c1-17(26-14-13-24-16-26)18-9-5-8-12-21(18)28-15-22(27)25-20-11-7-6-10-19(20)23(2,3)4/h5-14,16H,1,15H2,2-4H3,(H,25,27). The first-order chi connectivity index (χ1) is 13.4. The van der Waals surface area contributed by atoms with Gasteiger partial charge < -0.3 is 14.6 Å². The van der Waals surface area contributed by atoms with Crippen molar-refractivity contribution in [3.8, 4) is 5.75 Å². The van der Waals surface area contributed by atoms with E-state index in [1.54, 1.807) is 12.5 Å². The predicted octanol–water partition coefficient (Wildman–Crippen LogP) is 4.72. The summed E-state index contributed by atoms with van der Waals surface area (Å²) < 4.78 is 7.62. The number of benzene rings is 2. The number of ether oxygens (including phenoxy) is 1. The van der Waals surface area contributed by atoms with Crippen molar-refractivity contribution < 1.29 is 9.53 Å². The van der Waals surface area contributed by atoms with Crippen molar-refractivity contribution in [3.05, 3.63) is 85.0 Å². The second-order valence-electron chi connectivity index (χ2n) is 7.55. The van der Waals surface area contributed by atoms with Gasteiger partial charge in [0.15, 0.2) is 6.61 Å². The zero-order valence-electron chi connectivity index (χ0n) is 16.5. The van der Waals surface area contributed by atoms with Crippen LogP contribution in [0.3, 0.4) is 0 Å². The average molecular weight is 375 g/mol. The molecule has 5 nitrogen and oxygen atoms in total. The summed E-state index contributed by atoms with van der Waals surface area (Å²) in [5, 5.41) is 2.96. The summed E-state index contributed by atoms with van der Waals surface area (Å²) in [5.74, 6) is 0.389. The largest absolute Gasteiger partial charge is 0.483 e. The predicted molar refractivity (Wildman–Crippen MR) is 112 cm³/mol. The van der Waals surface area contributed by atoms with Crippen LogP contribution in [0.2, 0.25) is 0 Å². The van der Waals surface area contributed by atoms with E-state index in [0.717, 1.165) is 22.5 Å². The number of para-hydroxylation sites is 2. The third-order valence-corrected chi connectivity index (χ3v) is 4.38. The summed E-state index contributed by atoms with van der Waals surface area (Å²) >= 11 is 0. The van der Waals surface area contributed by atoms with Crippen molar-refractivity contribution in [2.75, 3.05) is 11.9 Å². The molecule has 0 saturated heterocycles. The molecule has 3 rings (SSSR count). The quantitative estimate of drug-likeness (QED) is 0.678. The highest BCUT2D eigenvalue weighted by Crippen LogP contribution is 2.29. The lowest BCUT2D eigenvalue weighted by molar-refractivity contribution is -0.118. The summed E-state index contributed by atoms with van der Waals surface area (Å²) in [6.45, 7) is 10.4. The van der Waals surface area contributed by atoms with E-state index in [9.17, 15) is 4.79 Å². The number of anilines is 1. The number of hydrogen-bond acceptors (Lipinski definition) is 3. The van der Waals surface area contributed by atoms with Crippen molar-refractivity contribution in [3.63, 3.8) is 0 Å². The van der Waals surface area contributed by atoms with Crippen LogP contribution in [-0.4, -0.2) is 22.1 Å². The maximum absolute atomic E-state index is 12.5. The monoisotopic (exact) mass is 375 g/mol. The number of carbonyl (C=O) groups is 1. The summed E-state index contributed by atoms with van der Waals surface area (Å²) in [7, 11) is 0. The van der Waals surface area contributed by atoms with E-state index in [-0.39, 0.29) is 17.9 Å². The van der Waals surface area contributed by atoms with Gasteiger partial charge in [-0.25, -0.2) is 4.98 Å². The van der Waals surface area contributed by atoms with E-state index in [1.807, 2.05) is 59.3 Å². The molecule has 0 fully saturated rings. The Kier molecular flexibility index (Phi) is 5.64. The van der Waals surface area contributed by atoms with Gasteiger partial charge in [0, 0.05) is 23.6 Å². The van der Waals surface area contributed by atoms with E-state index in [2.05, 4.69) is 37.7 Å². The highest BCUT2D eigenvalue weighted by atomic mass is 16.5. The molecule has 2 aromatic carbocycles. The minimum atomic E-state index is -0.209. The Hall–Kier alpha value is -3.34. The molecule has 0 aliphatic carbocycles. The number of imidazole rings is 1. The van der Waals surface area contributed by atoms with Gasteiger partial charge in [0.2, 0.25) is 0 Å². The molecule has 28 heavy (non-hydrogen) atoms. The van der Waals surface area contributed by atoms with Crippen LogP contribution >= 0.6 is 0 Å². The lowest BCUT2D eigenvalue weighted by Gasteiger charge is -2.23. The number of nitrogens with one attached hydrogen (secondary N) is 1. The Morgan fingerprint density at radius 3 is 2.57 bits per heavy atom. The van der Waals surface area contributed by atoms with Crippen LogP contribution in [0.4, 0.5) is 5.69 Å². The Bertz CT molecular complexity index is 970. The van der Waals surface area contributed by atoms with E-state index in [4.69, 9.17) is 4.74 Å². The summed E-state index contributed by atoms with van der Waals surface area (Å²) in [6, 6.07) is 15.3. The fourth-order valence-corrected chi connectivity index (χ4v) is 2.96. The van der Waals surface area contributed by atoms with Crippen molar-refractivity contribution >= 4 is 17.3 Å². The number of aromatic nitrogens is 2. The summed E-state index contributed by atoms with van der Waals surface area (Å²) in [5.41, 5.74) is 3.35. The van der Waals surface area contributed by atoms with Crippen LogP contribution in [0, 0.1) is 0 Å². The molecule has 0 atom stereocenters. The van der Waals surface area contributed by atoms with Gasteiger partial charge in [0.05, 0.1) is 12.0 Å². The first kappa shape index (κ1) is 19.4. The van der Waals surface area contributed by atoms with Gasteiger partial charge in [0.1, 0.15) is 5.75 Å². The van der Waals surface area contributed by atoms with Gasteiger partial charge >= 0.3 is 0 Å². The zero-order valence-corrected chi connectivity index (χ0v) is 16.5. The van der Waals surface area contributed by atoms with Crippen molar-refractivity contribution in [2.45, 2.75) is 26.2 Å². The number of hydrogen-bond donors (Lipinski definition) is 1. The van der Waals surface area contributed by atoms with Gasteiger partial charge in [-0.05, 0) is 29.2 Å². The van der Waals surface area contributed by atoms with Crippen LogP contribution in [0.25, 0.3) is 5.70 Å². The molecule has 0 aliphatic rings. The Balaban J connectivity index is 1.71. The lowest BCUT2D eigenvalue weighted by Crippen LogP contribution is -2.23. The molecule has 0 spiro atoms. The normalized spacial score (nSPS) is 11.1. The number of amides is 1. The average Bonchev–Trinajstić information content (AvgIpc) is 3.20. The van der Waals surface area contributed by atoms with Crippen molar-refractivity contribution in [1.29, 1.82) is 0 Å². The molecular weight excluding hydrogens is 350 g/mol. The molecule has 3 aromatic rings. The molecule has 1 aromatic heterocycles. The van der Waals surface area contributed by atoms with Crippen LogP contribution in [0.5, 0.6) is 5.75 Å². The van der Waals surface area contributed by atoms with E-state index >= 15 is 0 Å². The maximum atomic E-state index is 12.5. The molecule has 144 valence electrons. The van der Waals surface area contributed by atoms with Gasteiger partial charge in [-0.3, -0.25) is 4.79 Å². The molecule has 0 bridgehead atoms. The molecule has 1 heterocycles. The first-order valence-electron chi connectivity index (χ1n) is 9.15.